The standard InChI is InChI=1S/C18H16ClFN4O/c19-15-10-13(4-5-16(15)20)23-18(25)12-6-8-24(9-7-12)17-3-1-2-14(11-21)22-17/h1-5,10,12H,6-9H2,(H,23,25). The van der Waals surface area contributed by atoms with Crippen LogP contribution in [0, 0.1) is 23.1 Å². The third kappa shape index (κ3) is 4.06. The average Bonchev–Trinajstić information content (AvgIpc) is 2.65. The highest BCUT2D eigenvalue weighted by Gasteiger charge is 2.25. The minimum Gasteiger partial charge on any atom is -0.357 e. The molecular formula is C18H16ClFN4O. The lowest BCUT2D eigenvalue weighted by Crippen LogP contribution is -2.38. The van der Waals surface area contributed by atoms with Crippen LogP contribution in [-0.4, -0.2) is 24.0 Å². The number of nitrogens with zero attached hydrogens (tertiary/aromatic N) is 3. The van der Waals surface area contributed by atoms with Crippen molar-refractivity contribution in [2.45, 2.75) is 12.8 Å². The Balaban J connectivity index is 1.58. The summed E-state index contributed by atoms with van der Waals surface area (Å²) in [5.74, 6) is 0.0172. The van der Waals surface area contributed by atoms with Crippen LogP contribution in [0.15, 0.2) is 36.4 Å². The molecule has 1 aromatic heterocycles. The summed E-state index contributed by atoms with van der Waals surface area (Å²) in [6.07, 6.45) is 1.36. The molecule has 0 radical (unpaired) electrons. The average molecular weight is 359 g/mol. The number of nitrogens with one attached hydrogen (secondary N) is 1. The number of amides is 1. The van der Waals surface area contributed by atoms with Crippen molar-refractivity contribution >= 4 is 29.0 Å². The van der Waals surface area contributed by atoms with Crippen LogP contribution in [0.5, 0.6) is 0 Å². The Morgan fingerprint density at radius 3 is 2.76 bits per heavy atom. The normalized spacial score (nSPS) is 14.8. The Labute approximate surface area is 150 Å². The van der Waals surface area contributed by atoms with Crippen molar-refractivity contribution in [1.82, 2.24) is 4.98 Å². The zero-order valence-corrected chi connectivity index (χ0v) is 14.1. The maximum absolute atomic E-state index is 13.2. The number of nitriles is 1. The molecule has 1 aliphatic heterocycles. The fourth-order valence-corrected chi connectivity index (χ4v) is 3.03. The Morgan fingerprint density at radius 1 is 1.32 bits per heavy atom. The molecule has 1 fully saturated rings. The molecule has 5 nitrogen and oxygen atoms in total. The van der Waals surface area contributed by atoms with Crippen molar-refractivity contribution in [2.24, 2.45) is 5.92 Å². The molecule has 0 saturated carbocycles. The third-order valence-electron chi connectivity index (χ3n) is 4.23. The van der Waals surface area contributed by atoms with Crippen LogP contribution in [-0.2, 0) is 4.79 Å². The van der Waals surface area contributed by atoms with E-state index in [1.54, 1.807) is 12.1 Å². The molecule has 3 rings (SSSR count). The molecule has 1 N–H and O–H groups in total. The van der Waals surface area contributed by atoms with Gasteiger partial charge in [-0.05, 0) is 43.2 Å². The molecule has 1 aliphatic rings. The molecule has 0 unspecified atom stereocenters. The highest BCUT2D eigenvalue weighted by molar-refractivity contribution is 6.31. The Morgan fingerprint density at radius 2 is 2.08 bits per heavy atom. The van der Waals surface area contributed by atoms with Gasteiger partial charge in [0, 0.05) is 24.7 Å². The fourth-order valence-electron chi connectivity index (χ4n) is 2.85. The minimum absolute atomic E-state index is 0.0175. The minimum atomic E-state index is -0.514. The summed E-state index contributed by atoms with van der Waals surface area (Å²) in [6, 6.07) is 11.5. The number of hydrogen-bond acceptors (Lipinski definition) is 4. The van der Waals surface area contributed by atoms with E-state index in [2.05, 4.69) is 15.2 Å². The van der Waals surface area contributed by atoms with Crippen LogP contribution >= 0.6 is 11.6 Å². The topological polar surface area (TPSA) is 69.0 Å². The SMILES string of the molecule is N#Cc1cccc(N2CCC(C(=O)Nc3ccc(F)c(Cl)c3)CC2)n1. The van der Waals surface area contributed by atoms with Crippen molar-refractivity contribution in [3.63, 3.8) is 0 Å². The van der Waals surface area contributed by atoms with E-state index in [1.807, 2.05) is 12.1 Å². The van der Waals surface area contributed by atoms with Gasteiger partial charge in [-0.25, -0.2) is 9.37 Å². The van der Waals surface area contributed by atoms with Gasteiger partial charge in [-0.1, -0.05) is 17.7 Å². The van der Waals surface area contributed by atoms with Crippen molar-refractivity contribution < 1.29 is 9.18 Å². The molecule has 0 aliphatic carbocycles. The first kappa shape index (κ1) is 17.2. The highest BCUT2D eigenvalue weighted by atomic mass is 35.5. The molecule has 2 heterocycles. The van der Waals surface area contributed by atoms with Crippen LogP contribution in [0.25, 0.3) is 0 Å². The summed E-state index contributed by atoms with van der Waals surface area (Å²) >= 11 is 5.73. The van der Waals surface area contributed by atoms with Gasteiger partial charge in [-0.3, -0.25) is 4.79 Å². The van der Waals surface area contributed by atoms with Crippen molar-refractivity contribution in [1.29, 1.82) is 5.26 Å². The van der Waals surface area contributed by atoms with Gasteiger partial charge in [0.1, 0.15) is 23.4 Å². The Bertz CT molecular complexity index is 828. The molecule has 0 atom stereocenters. The highest BCUT2D eigenvalue weighted by Crippen LogP contribution is 2.24. The zero-order chi connectivity index (χ0) is 17.8. The molecule has 1 amide bonds. The van der Waals surface area contributed by atoms with E-state index in [4.69, 9.17) is 16.9 Å². The molecule has 0 spiro atoms. The number of rotatable bonds is 3. The van der Waals surface area contributed by atoms with Crippen LogP contribution in [0.1, 0.15) is 18.5 Å². The van der Waals surface area contributed by atoms with Gasteiger partial charge in [0.2, 0.25) is 5.91 Å². The van der Waals surface area contributed by atoms with Gasteiger partial charge in [0.05, 0.1) is 5.02 Å². The maximum atomic E-state index is 13.2. The van der Waals surface area contributed by atoms with Crippen LogP contribution in [0.2, 0.25) is 5.02 Å². The predicted octanol–water partition coefficient (Wildman–Crippen LogP) is 3.60. The zero-order valence-electron chi connectivity index (χ0n) is 13.4. The summed E-state index contributed by atoms with van der Waals surface area (Å²) < 4.78 is 13.2. The number of carbonyl (C=O) groups excluding carboxylic acids is 1. The molecule has 0 bridgehead atoms. The number of aromatic nitrogens is 1. The number of anilines is 2. The summed E-state index contributed by atoms with van der Waals surface area (Å²) in [5.41, 5.74) is 0.868. The van der Waals surface area contributed by atoms with E-state index >= 15 is 0 Å². The van der Waals surface area contributed by atoms with Gasteiger partial charge in [-0.15, -0.1) is 0 Å². The largest absolute Gasteiger partial charge is 0.357 e. The molecule has 7 heteroatoms. The second kappa shape index (κ2) is 7.49. The quantitative estimate of drug-likeness (QED) is 0.910. The molecule has 128 valence electrons. The second-order valence-electron chi connectivity index (χ2n) is 5.87. The number of carbonyl (C=O) groups is 1. The van der Waals surface area contributed by atoms with E-state index in [0.717, 1.165) is 5.82 Å². The predicted molar refractivity (Wildman–Crippen MR) is 93.9 cm³/mol. The summed E-state index contributed by atoms with van der Waals surface area (Å²) in [5, 5.41) is 11.7. The lowest BCUT2D eigenvalue weighted by Gasteiger charge is -2.32. The molecule has 2 aromatic rings. The van der Waals surface area contributed by atoms with Crippen LogP contribution in [0.4, 0.5) is 15.9 Å². The number of benzene rings is 1. The maximum Gasteiger partial charge on any atom is 0.227 e. The smallest absolute Gasteiger partial charge is 0.227 e. The van der Waals surface area contributed by atoms with Crippen molar-refractivity contribution in [2.75, 3.05) is 23.3 Å². The lowest BCUT2D eigenvalue weighted by atomic mass is 9.95. The molecule has 1 saturated heterocycles. The summed E-state index contributed by atoms with van der Waals surface area (Å²) in [6.45, 7) is 1.37. The third-order valence-corrected chi connectivity index (χ3v) is 4.52. The first-order valence-electron chi connectivity index (χ1n) is 7.95. The summed E-state index contributed by atoms with van der Waals surface area (Å²) in [4.78, 5) is 18.7. The second-order valence-corrected chi connectivity index (χ2v) is 6.28. The van der Waals surface area contributed by atoms with E-state index < -0.39 is 5.82 Å². The van der Waals surface area contributed by atoms with Crippen LogP contribution < -0.4 is 10.2 Å². The van der Waals surface area contributed by atoms with Crippen LogP contribution in [0.3, 0.4) is 0 Å². The number of piperidine rings is 1. The molecule has 1 aromatic carbocycles. The lowest BCUT2D eigenvalue weighted by molar-refractivity contribution is -0.120. The molecule has 25 heavy (non-hydrogen) atoms. The first-order chi connectivity index (χ1) is 12.1. The summed E-state index contributed by atoms with van der Waals surface area (Å²) in [7, 11) is 0. The van der Waals surface area contributed by atoms with Crippen molar-refractivity contribution in [3.05, 3.63) is 52.9 Å². The van der Waals surface area contributed by atoms with Gasteiger partial charge in [0.15, 0.2) is 0 Å². The monoisotopic (exact) mass is 358 g/mol. The van der Waals surface area contributed by atoms with Gasteiger partial charge in [-0.2, -0.15) is 5.26 Å². The fraction of sp³-hybridized carbons (Fsp3) is 0.278. The van der Waals surface area contributed by atoms with Crippen molar-refractivity contribution in [3.8, 4) is 6.07 Å². The molecular weight excluding hydrogens is 343 g/mol. The Hall–Kier alpha value is -2.65. The van der Waals surface area contributed by atoms with E-state index in [1.165, 1.54) is 18.2 Å². The van der Waals surface area contributed by atoms with E-state index in [-0.39, 0.29) is 16.8 Å². The number of pyridine rings is 1. The number of hydrogen-bond donors (Lipinski definition) is 1. The first-order valence-corrected chi connectivity index (χ1v) is 8.32. The van der Waals surface area contributed by atoms with E-state index in [0.29, 0.717) is 37.3 Å². The van der Waals surface area contributed by atoms with Gasteiger partial charge < -0.3 is 10.2 Å². The van der Waals surface area contributed by atoms with Gasteiger partial charge >= 0.3 is 0 Å². The van der Waals surface area contributed by atoms with E-state index in [9.17, 15) is 9.18 Å². The van der Waals surface area contributed by atoms with Gasteiger partial charge in [0.25, 0.3) is 0 Å². The number of halogens is 2. The Kier molecular flexibility index (Phi) is 5.15.